The molecule has 212 valence electrons. The van der Waals surface area contributed by atoms with Gasteiger partial charge in [0.1, 0.15) is 0 Å². The van der Waals surface area contributed by atoms with Crippen molar-refractivity contribution in [2.75, 3.05) is 31.6 Å². The van der Waals surface area contributed by atoms with Gasteiger partial charge in [-0.15, -0.1) is 0 Å². The highest BCUT2D eigenvalue weighted by atomic mass is 35.5. The van der Waals surface area contributed by atoms with Crippen LogP contribution in [-0.4, -0.2) is 52.8 Å². The van der Waals surface area contributed by atoms with E-state index in [2.05, 4.69) is 75.7 Å². The van der Waals surface area contributed by atoms with E-state index in [9.17, 15) is 9.59 Å². The number of nitrogens with two attached hydrogens (primary N) is 3. The predicted molar refractivity (Wildman–Crippen MR) is 161 cm³/mol. The third-order valence-electron chi connectivity index (χ3n) is 6.37. The number of aryl methyl sites for hydroxylation is 2. The van der Waals surface area contributed by atoms with Gasteiger partial charge < -0.3 is 22.1 Å². The normalized spacial score (nSPS) is 11.3. The van der Waals surface area contributed by atoms with Crippen LogP contribution in [0, 0.1) is 0 Å². The monoisotopic (exact) mass is 564 g/mol. The molecule has 3 aromatic rings. The van der Waals surface area contributed by atoms with Crippen LogP contribution in [0.4, 0.5) is 11.6 Å². The molecule has 0 bridgehead atoms. The zero-order valence-electron chi connectivity index (χ0n) is 23.0. The summed E-state index contributed by atoms with van der Waals surface area (Å²) in [5.41, 5.74) is 21.5. The number of halogens is 1. The number of aliphatic imine (C=N–C) groups is 1. The average Bonchev–Trinajstić information content (AvgIpc) is 2.94. The molecule has 2 amide bonds. The molecule has 0 fully saturated rings. The average molecular weight is 565 g/mol. The molecule has 0 radical (unpaired) electrons. The van der Waals surface area contributed by atoms with Gasteiger partial charge in [-0.05, 0) is 54.4 Å². The van der Waals surface area contributed by atoms with E-state index in [1.165, 1.54) is 5.56 Å². The summed E-state index contributed by atoms with van der Waals surface area (Å²) in [7, 11) is 1.86. The van der Waals surface area contributed by atoms with Crippen LogP contribution in [0.2, 0.25) is 5.15 Å². The van der Waals surface area contributed by atoms with Gasteiger partial charge in [0.25, 0.3) is 5.91 Å². The second-order valence-corrected chi connectivity index (χ2v) is 9.88. The van der Waals surface area contributed by atoms with Gasteiger partial charge in [-0.2, -0.15) is 0 Å². The Morgan fingerprint density at radius 3 is 2.12 bits per heavy atom. The number of nitrogens with one attached hydrogen (secondary N) is 1. The highest BCUT2D eigenvalue weighted by Gasteiger charge is 2.16. The zero-order valence-corrected chi connectivity index (χ0v) is 23.7. The largest absolute Gasteiger partial charge is 0.382 e. The lowest BCUT2D eigenvalue weighted by molar-refractivity contribution is -0.129. The third-order valence-corrected chi connectivity index (χ3v) is 6.65. The Bertz CT molecular complexity index is 1330. The number of rotatable bonds is 12. The van der Waals surface area contributed by atoms with Gasteiger partial charge in [0.05, 0.1) is 0 Å². The van der Waals surface area contributed by atoms with Gasteiger partial charge in [-0.1, -0.05) is 67.1 Å². The number of aromatic nitrogens is 2. The Balaban J connectivity index is 1.41. The number of nitrogen functional groups attached to an aromatic ring is 2. The fourth-order valence-electron chi connectivity index (χ4n) is 4.09. The second kappa shape index (κ2) is 14.8. The Morgan fingerprint density at radius 2 is 1.52 bits per heavy atom. The summed E-state index contributed by atoms with van der Waals surface area (Å²) < 4.78 is 0. The van der Waals surface area contributed by atoms with Crippen LogP contribution in [0.25, 0.3) is 11.1 Å². The van der Waals surface area contributed by atoms with Crippen LogP contribution in [0.5, 0.6) is 0 Å². The third kappa shape index (κ3) is 8.94. The lowest BCUT2D eigenvalue weighted by atomic mass is 9.99. The fraction of sp³-hybridized carbons (Fsp3) is 0.345. The molecule has 0 saturated heterocycles. The molecule has 0 aliphatic carbocycles. The number of carbonyl (C=O) groups excluding carboxylic acids is 2. The SMILES string of the molecule is CCCN(C)C(=O)CCc1ccc(-c2ccc(CCCCN=C(N)NC(=O)c3nc(Cl)c(N)nc3N)cc2)cc1. The lowest BCUT2D eigenvalue weighted by Gasteiger charge is -2.15. The molecule has 0 unspecified atom stereocenters. The highest BCUT2D eigenvalue weighted by molar-refractivity contribution is 6.31. The van der Waals surface area contributed by atoms with Crippen LogP contribution < -0.4 is 22.5 Å². The Hall–Kier alpha value is -4.18. The van der Waals surface area contributed by atoms with Crippen LogP contribution in [0.3, 0.4) is 0 Å². The van der Waals surface area contributed by atoms with Crippen molar-refractivity contribution in [3.63, 3.8) is 0 Å². The van der Waals surface area contributed by atoms with E-state index >= 15 is 0 Å². The Morgan fingerprint density at radius 1 is 0.925 bits per heavy atom. The molecule has 1 heterocycles. The molecule has 3 rings (SSSR count). The first-order valence-electron chi connectivity index (χ1n) is 13.3. The molecule has 11 heteroatoms. The van der Waals surface area contributed by atoms with Gasteiger partial charge >= 0.3 is 0 Å². The number of benzene rings is 2. The van der Waals surface area contributed by atoms with Crippen molar-refractivity contribution in [2.45, 2.75) is 45.4 Å². The van der Waals surface area contributed by atoms with Gasteiger partial charge in [0.2, 0.25) is 5.91 Å². The number of anilines is 2. The molecule has 1 aromatic heterocycles. The summed E-state index contributed by atoms with van der Waals surface area (Å²) in [4.78, 5) is 38.1. The summed E-state index contributed by atoms with van der Waals surface area (Å²) in [6, 6.07) is 16.9. The van der Waals surface area contributed by atoms with Crippen LogP contribution >= 0.6 is 11.6 Å². The van der Waals surface area contributed by atoms with E-state index in [-0.39, 0.29) is 34.3 Å². The van der Waals surface area contributed by atoms with Gasteiger partial charge in [-0.3, -0.25) is 19.9 Å². The van der Waals surface area contributed by atoms with E-state index in [4.69, 9.17) is 28.8 Å². The quantitative estimate of drug-likeness (QED) is 0.147. The smallest absolute Gasteiger partial charge is 0.280 e. The van der Waals surface area contributed by atoms with E-state index in [1.807, 2.05) is 7.05 Å². The summed E-state index contributed by atoms with van der Waals surface area (Å²) in [5.74, 6) is -0.713. The number of carbonyl (C=O) groups is 2. The molecular weight excluding hydrogens is 528 g/mol. The molecule has 10 nitrogen and oxygen atoms in total. The van der Waals surface area contributed by atoms with Crippen LogP contribution in [0.15, 0.2) is 53.5 Å². The maximum absolute atomic E-state index is 12.3. The Kier molecular flexibility index (Phi) is 11.3. The molecule has 0 spiro atoms. The number of amides is 2. The van der Waals surface area contributed by atoms with Crippen molar-refractivity contribution >= 4 is 41.0 Å². The fourth-order valence-corrected chi connectivity index (χ4v) is 4.22. The maximum Gasteiger partial charge on any atom is 0.280 e. The van der Waals surface area contributed by atoms with E-state index in [0.717, 1.165) is 55.3 Å². The summed E-state index contributed by atoms with van der Waals surface area (Å²) in [6.45, 7) is 3.33. The minimum atomic E-state index is -0.659. The second-order valence-electron chi connectivity index (χ2n) is 9.52. The van der Waals surface area contributed by atoms with Crippen molar-refractivity contribution < 1.29 is 9.59 Å². The molecular formula is C29H37ClN8O2. The molecule has 0 saturated carbocycles. The number of nitrogens with zero attached hydrogens (tertiary/aromatic N) is 4. The summed E-state index contributed by atoms with van der Waals surface area (Å²) in [6.07, 6.45) is 4.85. The lowest BCUT2D eigenvalue weighted by Crippen LogP contribution is -2.38. The van der Waals surface area contributed by atoms with Gasteiger partial charge in [0.15, 0.2) is 28.4 Å². The molecule has 2 aromatic carbocycles. The standard InChI is InChI=1S/C29H37ClN8O2/c1-3-18-38(2)23(39)16-11-20-9-14-22(15-10-20)21-12-7-19(8-13-21)6-4-5-17-34-29(33)37-28(40)24-26(31)36-27(32)25(30)35-24/h7-10,12-15H,3-6,11,16-18H2,1-2H3,(H4,31,32,36)(H3,33,34,37,40). The number of hydrogen-bond donors (Lipinski definition) is 4. The minimum Gasteiger partial charge on any atom is -0.382 e. The molecule has 7 N–H and O–H groups in total. The van der Waals surface area contributed by atoms with E-state index in [1.54, 1.807) is 4.90 Å². The van der Waals surface area contributed by atoms with Crippen LogP contribution in [-0.2, 0) is 17.6 Å². The topological polar surface area (TPSA) is 166 Å². The number of hydrogen-bond acceptors (Lipinski definition) is 7. The Labute approximate surface area is 240 Å². The first kappa shape index (κ1) is 30.4. The molecule has 0 aliphatic rings. The first-order valence-corrected chi connectivity index (χ1v) is 13.7. The first-order chi connectivity index (χ1) is 19.2. The van der Waals surface area contributed by atoms with Gasteiger partial charge in [-0.25, -0.2) is 9.97 Å². The summed E-state index contributed by atoms with van der Waals surface area (Å²) in [5, 5.41) is 2.31. The molecule has 0 aliphatic heterocycles. The van der Waals surface area contributed by atoms with Crippen molar-refractivity contribution in [1.82, 2.24) is 20.2 Å². The summed E-state index contributed by atoms with van der Waals surface area (Å²) >= 11 is 5.81. The van der Waals surface area contributed by atoms with Gasteiger partial charge in [0, 0.05) is 26.6 Å². The number of unbranched alkanes of at least 4 members (excludes halogenated alkanes) is 1. The van der Waals surface area contributed by atoms with Crippen LogP contribution in [0.1, 0.15) is 54.2 Å². The minimum absolute atomic E-state index is 0.0371. The number of guanidine groups is 1. The van der Waals surface area contributed by atoms with Crippen molar-refractivity contribution in [3.8, 4) is 11.1 Å². The maximum atomic E-state index is 12.3. The van der Waals surface area contributed by atoms with Crippen molar-refractivity contribution in [3.05, 3.63) is 70.5 Å². The predicted octanol–water partition coefficient (Wildman–Crippen LogP) is 3.83. The van der Waals surface area contributed by atoms with E-state index in [0.29, 0.717) is 13.0 Å². The van der Waals surface area contributed by atoms with Crippen molar-refractivity contribution in [1.29, 1.82) is 0 Å². The molecule has 40 heavy (non-hydrogen) atoms. The zero-order chi connectivity index (χ0) is 29.1. The highest BCUT2D eigenvalue weighted by Crippen LogP contribution is 2.22. The van der Waals surface area contributed by atoms with Crippen molar-refractivity contribution in [2.24, 2.45) is 10.7 Å². The molecule has 0 atom stereocenters. The van der Waals surface area contributed by atoms with E-state index < -0.39 is 5.91 Å².